The third-order valence-corrected chi connectivity index (χ3v) is 4.49. The van der Waals surface area contributed by atoms with Crippen LogP contribution in [0.2, 0.25) is 0 Å². The average molecular weight is 372 g/mol. The van der Waals surface area contributed by atoms with Gasteiger partial charge in [-0.3, -0.25) is 4.79 Å². The molecule has 0 bridgehead atoms. The molecule has 6 nitrogen and oxygen atoms in total. The Hall–Kier alpha value is -3.80. The van der Waals surface area contributed by atoms with Crippen LogP contribution in [0.25, 0.3) is 22.6 Å². The van der Waals surface area contributed by atoms with E-state index in [1.54, 1.807) is 18.2 Å². The Morgan fingerprint density at radius 2 is 1.68 bits per heavy atom. The number of nitrogens with zero attached hydrogens (tertiary/aromatic N) is 1. The number of anilines is 1. The van der Waals surface area contributed by atoms with Crippen LogP contribution in [0.4, 0.5) is 5.69 Å². The second-order valence-corrected chi connectivity index (χ2v) is 6.42. The number of hydrogen-bond acceptors (Lipinski definition) is 5. The minimum Gasteiger partial charge on any atom is -0.485 e. The SMILES string of the molecule is O=C(Nc1ccc(-c2nc3ccccc3o2)cc1)[C@H]1COc2ccccc2O1. The Morgan fingerprint density at radius 3 is 2.50 bits per heavy atom. The van der Waals surface area contributed by atoms with Crippen LogP contribution < -0.4 is 14.8 Å². The molecular formula is C22H16N2O4. The van der Waals surface area contributed by atoms with Crippen molar-refractivity contribution in [3.8, 4) is 23.0 Å². The lowest BCUT2D eigenvalue weighted by atomic mass is 10.2. The highest BCUT2D eigenvalue weighted by Crippen LogP contribution is 2.31. The molecule has 1 N–H and O–H groups in total. The topological polar surface area (TPSA) is 73.6 Å². The summed E-state index contributed by atoms with van der Waals surface area (Å²) in [6.07, 6.45) is -0.702. The first-order chi connectivity index (χ1) is 13.8. The Kier molecular flexibility index (Phi) is 3.94. The molecule has 0 spiro atoms. The molecule has 0 aliphatic carbocycles. The van der Waals surface area contributed by atoms with Gasteiger partial charge in [0, 0.05) is 11.3 Å². The second-order valence-electron chi connectivity index (χ2n) is 6.42. The summed E-state index contributed by atoms with van der Waals surface area (Å²) < 4.78 is 17.1. The van der Waals surface area contributed by atoms with E-state index < -0.39 is 6.10 Å². The van der Waals surface area contributed by atoms with Crippen molar-refractivity contribution in [3.05, 3.63) is 72.8 Å². The first-order valence-electron chi connectivity index (χ1n) is 8.92. The third-order valence-electron chi connectivity index (χ3n) is 4.49. The number of aromatic nitrogens is 1. The Bertz CT molecular complexity index is 1120. The van der Waals surface area contributed by atoms with Crippen molar-refractivity contribution < 1.29 is 18.7 Å². The monoisotopic (exact) mass is 372 g/mol. The number of benzene rings is 3. The normalized spacial score (nSPS) is 15.4. The minimum absolute atomic E-state index is 0.170. The molecule has 4 aromatic rings. The van der Waals surface area contributed by atoms with Crippen LogP contribution in [-0.4, -0.2) is 23.6 Å². The number of ether oxygens (including phenoxy) is 2. The predicted molar refractivity (Wildman–Crippen MR) is 104 cm³/mol. The van der Waals surface area contributed by atoms with E-state index in [2.05, 4.69) is 10.3 Å². The van der Waals surface area contributed by atoms with Gasteiger partial charge in [0.25, 0.3) is 5.91 Å². The van der Waals surface area contributed by atoms with Crippen LogP contribution in [0.3, 0.4) is 0 Å². The first-order valence-corrected chi connectivity index (χ1v) is 8.92. The lowest BCUT2D eigenvalue weighted by Gasteiger charge is -2.25. The second kappa shape index (κ2) is 6.74. The number of rotatable bonds is 3. The quantitative estimate of drug-likeness (QED) is 0.581. The highest BCUT2D eigenvalue weighted by atomic mass is 16.6. The van der Waals surface area contributed by atoms with Gasteiger partial charge >= 0.3 is 0 Å². The molecule has 0 fully saturated rings. The Balaban J connectivity index is 1.29. The lowest BCUT2D eigenvalue weighted by Crippen LogP contribution is -2.40. The average Bonchev–Trinajstić information content (AvgIpc) is 3.18. The number of amides is 1. The standard InChI is InChI=1S/C22H16N2O4/c25-21(20-13-26-18-7-3-4-8-19(18)27-20)23-15-11-9-14(10-12-15)22-24-16-5-1-2-6-17(16)28-22/h1-12,20H,13H2,(H,23,25)/t20-/m1/s1. The molecule has 0 saturated heterocycles. The van der Waals surface area contributed by atoms with E-state index in [0.29, 0.717) is 23.1 Å². The van der Waals surface area contributed by atoms with Gasteiger partial charge < -0.3 is 19.2 Å². The maximum Gasteiger partial charge on any atom is 0.269 e. The van der Waals surface area contributed by atoms with Crippen molar-refractivity contribution >= 4 is 22.7 Å². The molecule has 1 aromatic heterocycles. The highest BCUT2D eigenvalue weighted by molar-refractivity contribution is 5.95. The maximum absolute atomic E-state index is 12.5. The molecular weight excluding hydrogens is 356 g/mol. The number of carbonyl (C=O) groups is 1. The van der Waals surface area contributed by atoms with E-state index in [4.69, 9.17) is 13.9 Å². The molecule has 1 aliphatic heterocycles. The summed E-state index contributed by atoms with van der Waals surface area (Å²) in [6, 6.07) is 22.2. The number of hydrogen-bond donors (Lipinski definition) is 1. The van der Waals surface area contributed by atoms with E-state index >= 15 is 0 Å². The molecule has 28 heavy (non-hydrogen) atoms. The molecule has 5 rings (SSSR count). The van der Waals surface area contributed by atoms with E-state index in [-0.39, 0.29) is 12.5 Å². The predicted octanol–water partition coefficient (Wildman–Crippen LogP) is 4.27. The largest absolute Gasteiger partial charge is 0.485 e. The summed E-state index contributed by atoms with van der Waals surface area (Å²) in [5.41, 5.74) is 3.04. The third kappa shape index (κ3) is 3.05. The number of fused-ring (bicyclic) bond motifs is 2. The number of carbonyl (C=O) groups excluding carboxylic acids is 1. The molecule has 3 aromatic carbocycles. The van der Waals surface area contributed by atoms with Gasteiger partial charge in [-0.25, -0.2) is 4.98 Å². The van der Waals surface area contributed by atoms with Crippen molar-refractivity contribution in [3.63, 3.8) is 0 Å². The van der Waals surface area contributed by atoms with Gasteiger partial charge in [-0.1, -0.05) is 24.3 Å². The van der Waals surface area contributed by atoms with Crippen LogP contribution in [0.1, 0.15) is 0 Å². The fourth-order valence-corrected chi connectivity index (χ4v) is 3.06. The molecule has 1 aliphatic rings. The van der Waals surface area contributed by atoms with Crippen LogP contribution >= 0.6 is 0 Å². The fourth-order valence-electron chi connectivity index (χ4n) is 3.06. The fraction of sp³-hybridized carbons (Fsp3) is 0.0909. The molecule has 0 saturated carbocycles. The Labute approximate surface area is 160 Å². The summed E-state index contributed by atoms with van der Waals surface area (Å²) in [5.74, 6) is 1.50. The van der Waals surface area contributed by atoms with E-state index in [9.17, 15) is 4.79 Å². The number of para-hydroxylation sites is 4. The molecule has 0 radical (unpaired) electrons. The smallest absolute Gasteiger partial charge is 0.269 e. The maximum atomic E-state index is 12.5. The van der Waals surface area contributed by atoms with E-state index in [1.807, 2.05) is 54.6 Å². The molecule has 138 valence electrons. The molecule has 2 heterocycles. The van der Waals surface area contributed by atoms with Crippen LogP contribution in [0, 0.1) is 0 Å². The van der Waals surface area contributed by atoms with Gasteiger partial charge in [-0.2, -0.15) is 0 Å². The summed E-state index contributed by atoms with van der Waals surface area (Å²) in [6.45, 7) is 0.170. The Morgan fingerprint density at radius 1 is 0.929 bits per heavy atom. The summed E-state index contributed by atoms with van der Waals surface area (Å²) in [5, 5.41) is 2.85. The van der Waals surface area contributed by atoms with Crippen LogP contribution in [0.5, 0.6) is 11.5 Å². The molecule has 1 atom stereocenters. The van der Waals surface area contributed by atoms with Gasteiger partial charge in [0.05, 0.1) is 0 Å². The van der Waals surface area contributed by atoms with Crippen LogP contribution in [-0.2, 0) is 4.79 Å². The highest BCUT2D eigenvalue weighted by Gasteiger charge is 2.27. The van der Waals surface area contributed by atoms with Gasteiger partial charge in [0.2, 0.25) is 12.0 Å². The first kappa shape index (κ1) is 16.4. The summed E-state index contributed by atoms with van der Waals surface area (Å²) in [4.78, 5) is 17.0. The summed E-state index contributed by atoms with van der Waals surface area (Å²) >= 11 is 0. The van der Waals surface area contributed by atoms with Gasteiger partial charge in [-0.15, -0.1) is 0 Å². The van der Waals surface area contributed by atoms with Crippen molar-refractivity contribution in [2.45, 2.75) is 6.10 Å². The van der Waals surface area contributed by atoms with Crippen molar-refractivity contribution in [1.82, 2.24) is 4.98 Å². The van der Waals surface area contributed by atoms with Gasteiger partial charge in [0.15, 0.2) is 17.1 Å². The van der Waals surface area contributed by atoms with Crippen LogP contribution in [0.15, 0.2) is 77.2 Å². The molecule has 1 amide bonds. The van der Waals surface area contributed by atoms with Crippen molar-refractivity contribution in [1.29, 1.82) is 0 Å². The zero-order valence-corrected chi connectivity index (χ0v) is 14.8. The zero-order chi connectivity index (χ0) is 18.9. The van der Waals surface area contributed by atoms with Crippen molar-refractivity contribution in [2.24, 2.45) is 0 Å². The van der Waals surface area contributed by atoms with Gasteiger partial charge in [0.1, 0.15) is 12.1 Å². The minimum atomic E-state index is -0.702. The van der Waals surface area contributed by atoms with Gasteiger partial charge in [-0.05, 0) is 48.5 Å². The summed E-state index contributed by atoms with van der Waals surface area (Å²) in [7, 11) is 0. The zero-order valence-electron chi connectivity index (χ0n) is 14.8. The number of oxazole rings is 1. The molecule has 6 heteroatoms. The van der Waals surface area contributed by atoms with Crippen molar-refractivity contribution in [2.75, 3.05) is 11.9 Å². The lowest BCUT2D eigenvalue weighted by molar-refractivity contribution is -0.125. The van der Waals surface area contributed by atoms with E-state index in [1.165, 1.54) is 0 Å². The van der Waals surface area contributed by atoms with E-state index in [0.717, 1.165) is 16.7 Å². The number of nitrogens with one attached hydrogen (secondary N) is 1. The molecule has 0 unspecified atom stereocenters.